The predicted molar refractivity (Wildman–Crippen MR) is 110 cm³/mol. The van der Waals surface area contributed by atoms with Gasteiger partial charge >= 0.3 is 5.63 Å². The maximum absolute atomic E-state index is 13.0. The van der Waals surface area contributed by atoms with E-state index in [0.717, 1.165) is 6.42 Å². The van der Waals surface area contributed by atoms with Crippen LogP contribution in [-0.2, 0) is 9.53 Å². The first kappa shape index (κ1) is 20.4. The molecule has 8 nitrogen and oxygen atoms in total. The normalized spacial score (nSPS) is 18.8. The van der Waals surface area contributed by atoms with Crippen LogP contribution in [0.4, 0.5) is 0 Å². The number of hydrogen-bond acceptors (Lipinski definition) is 6. The highest BCUT2D eigenvalue weighted by atomic mass is 16.5. The van der Waals surface area contributed by atoms with Crippen LogP contribution in [0.5, 0.6) is 5.75 Å². The Hall–Kier alpha value is -2.87. The van der Waals surface area contributed by atoms with Crippen LogP contribution in [0.1, 0.15) is 36.5 Å². The second kappa shape index (κ2) is 8.10. The highest BCUT2D eigenvalue weighted by molar-refractivity contribution is 5.96. The molecule has 1 aromatic carbocycles. The summed E-state index contributed by atoms with van der Waals surface area (Å²) in [5.41, 5.74) is -0.647. The third-order valence-corrected chi connectivity index (χ3v) is 5.83. The number of piperidine rings is 1. The van der Waals surface area contributed by atoms with E-state index in [4.69, 9.17) is 13.9 Å². The Kier molecular flexibility index (Phi) is 5.51. The summed E-state index contributed by atoms with van der Waals surface area (Å²) in [6, 6.07) is 6.84. The molecule has 0 bridgehead atoms. The summed E-state index contributed by atoms with van der Waals surface area (Å²) >= 11 is 0. The maximum atomic E-state index is 13.0. The molecule has 0 unspecified atom stereocenters. The Bertz CT molecular complexity index is 1020. The lowest BCUT2D eigenvalue weighted by Gasteiger charge is -2.46. The Balaban J connectivity index is 1.49. The number of rotatable bonds is 4. The molecule has 0 saturated carbocycles. The fourth-order valence-electron chi connectivity index (χ4n) is 4.03. The van der Waals surface area contributed by atoms with Gasteiger partial charge in [0.15, 0.2) is 0 Å². The number of ether oxygens (including phenoxy) is 2. The van der Waals surface area contributed by atoms with Gasteiger partial charge in [-0.1, -0.05) is 6.92 Å². The summed E-state index contributed by atoms with van der Waals surface area (Å²) in [6.07, 6.45) is 2.12. The van der Waals surface area contributed by atoms with Crippen molar-refractivity contribution in [1.82, 2.24) is 9.80 Å². The van der Waals surface area contributed by atoms with Gasteiger partial charge in [0.05, 0.1) is 12.2 Å². The van der Waals surface area contributed by atoms with Crippen molar-refractivity contribution in [3.63, 3.8) is 0 Å². The number of carbonyl (C=O) groups excluding carboxylic acids is 2. The highest BCUT2D eigenvalue weighted by Gasteiger charge is 2.42. The van der Waals surface area contributed by atoms with Crippen molar-refractivity contribution in [2.75, 3.05) is 39.9 Å². The van der Waals surface area contributed by atoms with Crippen LogP contribution < -0.4 is 10.4 Å². The van der Waals surface area contributed by atoms with Gasteiger partial charge in [0.25, 0.3) is 5.91 Å². The zero-order valence-electron chi connectivity index (χ0n) is 17.3. The Morgan fingerprint density at radius 1 is 1.20 bits per heavy atom. The number of morpholine rings is 1. The minimum absolute atomic E-state index is 0.0255. The van der Waals surface area contributed by atoms with E-state index < -0.39 is 11.2 Å². The number of benzene rings is 1. The van der Waals surface area contributed by atoms with Crippen LogP contribution in [0.2, 0.25) is 0 Å². The van der Waals surface area contributed by atoms with Crippen LogP contribution in [0.15, 0.2) is 33.5 Å². The largest absolute Gasteiger partial charge is 0.493 e. The number of amides is 2. The van der Waals surface area contributed by atoms with E-state index >= 15 is 0 Å². The number of nitrogens with zero attached hydrogens (tertiary/aromatic N) is 2. The zero-order valence-corrected chi connectivity index (χ0v) is 17.3. The number of likely N-dealkylation sites (N-methyl/N-ethyl adjacent to an activating group) is 1. The first-order valence-corrected chi connectivity index (χ1v) is 10.3. The quantitative estimate of drug-likeness (QED) is 0.712. The Labute approximate surface area is 174 Å². The molecule has 1 aromatic heterocycles. The van der Waals surface area contributed by atoms with Crippen LogP contribution in [0, 0.1) is 0 Å². The van der Waals surface area contributed by atoms with Crippen LogP contribution >= 0.6 is 0 Å². The first-order chi connectivity index (χ1) is 14.4. The molecule has 2 fully saturated rings. The monoisotopic (exact) mass is 414 g/mol. The van der Waals surface area contributed by atoms with E-state index in [9.17, 15) is 14.4 Å². The predicted octanol–water partition coefficient (Wildman–Crippen LogP) is 2.05. The molecule has 0 aliphatic carbocycles. The van der Waals surface area contributed by atoms with E-state index in [1.165, 1.54) is 0 Å². The van der Waals surface area contributed by atoms with Crippen molar-refractivity contribution in [2.45, 2.75) is 31.8 Å². The van der Waals surface area contributed by atoms with Crippen molar-refractivity contribution < 1.29 is 23.5 Å². The SMILES string of the molecule is CCCOc1ccc2cc(C(=O)N3CCC4(CC3)CN(C)C(=O)CO4)c(=O)oc2c1. The number of likely N-dealkylation sites (tertiary alicyclic amines) is 1. The number of carbonyl (C=O) groups is 2. The molecule has 2 amide bonds. The van der Waals surface area contributed by atoms with Gasteiger partial charge in [0, 0.05) is 38.1 Å². The summed E-state index contributed by atoms with van der Waals surface area (Å²) < 4.78 is 16.8. The molecule has 160 valence electrons. The maximum Gasteiger partial charge on any atom is 0.349 e. The van der Waals surface area contributed by atoms with E-state index in [0.29, 0.717) is 55.8 Å². The third-order valence-electron chi connectivity index (χ3n) is 5.83. The van der Waals surface area contributed by atoms with Gasteiger partial charge in [-0.2, -0.15) is 0 Å². The van der Waals surface area contributed by atoms with Gasteiger partial charge < -0.3 is 23.7 Å². The second-order valence-electron chi connectivity index (χ2n) is 8.01. The lowest BCUT2D eigenvalue weighted by atomic mass is 9.89. The minimum Gasteiger partial charge on any atom is -0.493 e. The first-order valence-electron chi connectivity index (χ1n) is 10.3. The second-order valence-corrected chi connectivity index (χ2v) is 8.01. The van der Waals surface area contributed by atoms with Crippen molar-refractivity contribution >= 4 is 22.8 Å². The van der Waals surface area contributed by atoms with E-state index in [2.05, 4.69) is 0 Å². The molecular formula is C22H26N2O6. The summed E-state index contributed by atoms with van der Waals surface area (Å²) in [6.45, 7) is 4.11. The van der Waals surface area contributed by atoms with Gasteiger partial charge in [-0.05, 0) is 37.5 Å². The van der Waals surface area contributed by atoms with E-state index in [-0.39, 0.29) is 24.0 Å². The smallest absolute Gasteiger partial charge is 0.349 e. The van der Waals surface area contributed by atoms with Gasteiger partial charge in [-0.25, -0.2) is 4.79 Å². The molecule has 8 heteroatoms. The van der Waals surface area contributed by atoms with E-state index in [1.54, 1.807) is 41.1 Å². The van der Waals surface area contributed by atoms with Crippen LogP contribution in [0.25, 0.3) is 11.0 Å². The van der Waals surface area contributed by atoms with E-state index in [1.807, 2.05) is 6.92 Å². The summed E-state index contributed by atoms with van der Waals surface area (Å²) in [7, 11) is 1.77. The molecule has 2 aromatic rings. The molecule has 0 radical (unpaired) electrons. The average molecular weight is 414 g/mol. The van der Waals surface area contributed by atoms with Crippen molar-refractivity contribution in [2.24, 2.45) is 0 Å². The molecular weight excluding hydrogens is 388 g/mol. The fourth-order valence-corrected chi connectivity index (χ4v) is 4.03. The van der Waals surface area contributed by atoms with Crippen molar-refractivity contribution in [3.8, 4) is 5.75 Å². The molecule has 4 rings (SSSR count). The van der Waals surface area contributed by atoms with Gasteiger partial charge in [-0.15, -0.1) is 0 Å². The zero-order chi connectivity index (χ0) is 21.3. The molecule has 1 spiro atoms. The number of hydrogen-bond donors (Lipinski definition) is 0. The topological polar surface area (TPSA) is 89.3 Å². The van der Waals surface area contributed by atoms with Crippen LogP contribution in [0.3, 0.4) is 0 Å². The highest BCUT2D eigenvalue weighted by Crippen LogP contribution is 2.30. The van der Waals surface area contributed by atoms with Crippen molar-refractivity contribution in [1.29, 1.82) is 0 Å². The summed E-state index contributed by atoms with van der Waals surface area (Å²) in [5.74, 6) is 0.257. The lowest BCUT2D eigenvalue weighted by molar-refractivity contribution is -0.167. The minimum atomic E-state index is -0.653. The Morgan fingerprint density at radius 2 is 1.97 bits per heavy atom. The van der Waals surface area contributed by atoms with Gasteiger partial charge in [-0.3, -0.25) is 9.59 Å². The van der Waals surface area contributed by atoms with Crippen LogP contribution in [-0.4, -0.2) is 67.1 Å². The molecule has 0 atom stereocenters. The fraction of sp³-hybridized carbons (Fsp3) is 0.500. The number of fused-ring (bicyclic) bond motifs is 1. The summed E-state index contributed by atoms with van der Waals surface area (Å²) in [5, 5.41) is 0.672. The standard InChI is InChI=1S/C22H26N2O6/c1-3-10-28-16-5-4-15-11-17(21(27)30-18(15)12-16)20(26)24-8-6-22(7-9-24)14-23(2)19(25)13-29-22/h4-5,11-12H,3,6-10,13-14H2,1-2H3. The van der Waals surface area contributed by atoms with Gasteiger partial charge in [0.1, 0.15) is 23.5 Å². The molecule has 30 heavy (non-hydrogen) atoms. The van der Waals surface area contributed by atoms with Crippen molar-refractivity contribution in [3.05, 3.63) is 40.2 Å². The molecule has 2 aliphatic rings. The third kappa shape index (κ3) is 3.92. The lowest BCUT2D eigenvalue weighted by Crippen LogP contribution is -2.58. The summed E-state index contributed by atoms with van der Waals surface area (Å²) in [4.78, 5) is 40.5. The molecule has 3 heterocycles. The van der Waals surface area contributed by atoms with Gasteiger partial charge in [0.2, 0.25) is 5.91 Å². The Morgan fingerprint density at radius 3 is 2.67 bits per heavy atom. The average Bonchev–Trinajstić information content (AvgIpc) is 2.74. The molecule has 2 aliphatic heterocycles. The molecule has 0 N–H and O–H groups in total. The molecule has 2 saturated heterocycles.